The third-order valence-corrected chi connectivity index (χ3v) is 2.67. The number of nitrogens with two attached hydrogens (primary N) is 1. The summed E-state index contributed by atoms with van der Waals surface area (Å²) in [5.41, 5.74) is -0.568. The van der Waals surface area contributed by atoms with E-state index in [9.17, 15) is 26.4 Å². The summed E-state index contributed by atoms with van der Waals surface area (Å²) >= 11 is 0. The van der Waals surface area contributed by atoms with Gasteiger partial charge in [0.15, 0.2) is 0 Å². The molecule has 18 heavy (non-hydrogen) atoms. The fraction of sp³-hybridized carbons (Fsp3) is 0.125. The highest BCUT2D eigenvalue weighted by atomic mass is 32.2. The van der Waals surface area contributed by atoms with Crippen LogP contribution in [-0.4, -0.2) is 25.9 Å². The zero-order chi connectivity index (χ0) is 14.1. The third-order valence-electron chi connectivity index (χ3n) is 1.72. The Balaban J connectivity index is 3.41. The monoisotopic (exact) mass is 285 g/mol. The van der Waals surface area contributed by atoms with Crippen LogP contribution in [0.4, 0.5) is 13.2 Å². The highest BCUT2D eigenvalue weighted by molar-refractivity contribution is 7.89. The number of carboxylic acid groups (broad SMARTS) is 1. The van der Waals surface area contributed by atoms with Gasteiger partial charge in [-0.25, -0.2) is 18.4 Å². The molecule has 0 spiro atoms. The van der Waals surface area contributed by atoms with Crippen LogP contribution in [-0.2, 0) is 10.0 Å². The first kappa shape index (κ1) is 14.3. The molecule has 1 aromatic rings. The van der Waals surface area contributed by atoms with Gasteiger partial charge in [-0.05, 0) is 18.2 Å². The van der Waals surface area contributed by atoms with E-state index in [-0.39, 0.29) is 0 Å². The van der Waals surface area contributed by atoms with E-state index in [4.69, 9.17) is 5.11 Å². The highest BCUT2D eigenvalue weighted by Crippen LogP contribution is 2.29. The smallest absolute Gasteiger partial charge is 0.478 e. The molecule has 0 aliphatic heterocycles. The van der Waals surface area contributed by atoms with Crippen LogP contribution in [0, 0.1) is 0 Å². The summed E-state index contributed by atoms with van der Waals surface area (Å²) in [5, 5.41) is 13.3. The molecule has 0 heterocycles. The Morgan fingerprint density at radius 2 is 1.89 bits per heavy atom. The van der Waals surface area contributed by atoms with Crippen molar-refractivity contribution < 1.29 is 36.2 Å². The number of hydrogen-bond acceptors (Lipinski definition) is 4. The minimum atomic E-state index is -5.17. The molecule has 0 aliphatic rings. The van der Waals surface area contributed by atoms with Crippen molar-refractivity contribution in [1.82, 2.24) is 0 Å². The summed E-state index contributed by atoms with van der Waals surface area (Å²) in [6, 6.07) is 1.85. The molecule has 0 aromatic heterocycles. The van der Waals surface area contributed by atoms with Crippen molar-refractivity contribution in [1.29, 1.82) is 0 Å². The number of sulfonamides is 1. The maximum atomic E-state index is 12.0. The van der Waals surface area contributed by atoms with Crippen LogP contribution in [0.3, 0.4) is 0 Å². The molecule has 6 nitrogen and oxygen atoms in total. The summed E-state index contributed by atoms with van der Waals surface area (Å²) in [4.78, 5) is 9.61. The first-order valence-corrected chi connectivity index (χ1v) is 5.71. The fourth-order valence-electron chi connectivity index (χ4n) is 1.08. The van der Waals surface area contributed by atoms with Crippen molar-refractivity contribution in [3.05, 3.63) is 23.8 Å². The van der Waals surface area contributed by atoms with Crippen molar-refractivity contribution in [2.45, 2.75) is 11.3 Å². The van der Waals surface area contributed by atoms with Crippen LogP contribution in [0.15, 0.2) is 23.1 Å². The standard InChI is InChI=1S/C8H6F3NO5S/c9-8(10,11)17-5-3-4(7(13)14)1-2-6(5)18(12,15)16/h1-3H,(H,13,14)(H2,12,15,16). The lowest BCUT2D eigenvalue weighted by Crippen LogP contribution is -2.21. The number of aromatic carboxylic acids is 1. The molecule has 0 aliphatic carbocycles. The van der Waals surface area contributed by atoms with Crippen molar-refractivity contribution in [2.75, 3.05) is 0 Å². The number of carbonyl (C=O) groups is 1. The van der Waals surface area contributed by atoms with Crippen molar-refractivity contribution >= 4 is 16.0 Å². The molecule has 1 rings (SSSR count). The summed E-state index contributed by atoms with van der Waals surface area (Å²) < 4.78 is 61.5. The lowest BCUT2D eigenvalue weighted by Gasteiger charge is -2.12. The van der Waals surface area contributed by atoms with Crippen LogP contribution in [0.1, 0.15) is 10.4 Å². The van der Waals surface area contributed by atoms with Gasteiger partial charge in [0, 0.05) is 0 Å². The molecule has 0 bridgehead atoms. The third kappa shape index (κ3) is 3.60. The van der Waals surface area contributed by atoms with Gasteiger partial charge in [-0.1, -0.05) is 0 Å². The Morgan fingerprint density at radius 3 is 2.28 bits per heavy atom. The second kappa shape index (κ2) is 4.46. The summed E-state index contributed by atoms with van der Waals surface area (Å²) in [5.74, 6) is -2.73. The molecular weight excluding hydrogens is 279 g/mol. The summed E-state index contributed by atoms with van der Waals surface area (Å²) in [6.45, 7) is 0. The van der Waals surface area contributed by atoms with E-state index in [1.54, 1.807) is 0 Å². The van der Waals surface area contributed by atoms with Gasteiger partial charge in [0.25, 0.3) is 0 Å². The largest absolute Gasteiger partial charge is 0.573 e. The fourth-order valence-corrected chi connectivity index (χ4v) is 1.72. The molecule has 10 heteroatoms. The quantitative estimate of drug-likeness (QED) is 0.859. The van der Waals surface area contributed by atoms with Gasteiger partial charge in [0.2, 0.25) is 10.0 Å². The Hall–Kier alpha value is -1.81. The number of benzene rings is 1. The number of ether oxygens (including phenoxy) is 1. The first-order chi connectivity index (χ1) is 8.00. The van der Waals surface area contributed by atoms with E-state index in [1.807, 2.05) is 0 Å². The van der Waals surface area contributed by atoms with E-state index in [0.717, 1.165) is 6.07 Å². The average Bonchev–Trinajstić information content (AvgIpc) is 2.12. The van der Waals surface area contributed by atoms with Crippen LogP contribution >= 0.6 is 0 Å². The van der Waals surface area contributed by atoms with E-state index in [1.165, 1.54) is 0 Å². The average molecular weight is 285 g/mol. The molecule has 0 saturated carbocycles. The topological polar surface area (TPSA) is 107 Å². The molecule has 0 atom stereocenters. The Kier molecular flexibility index (Phi) is 3.53. The number of hydrogen-bond donors (Lipinski definition) is 2. The Bertz CT molecular complexity index is 581. The summed E-state index contributed by atoms with van der Waals surface area (Å²) in [6.07, 6.45) is -5.17. The van der Waals surface area contributed by atoms with Gasteiger partial charge in [0.1, 0.15) is 10.6 Å². The predicted molar refractivity (Wildman–Crippen MR) is 51.5 cm³/mol. The van der Waals surface area contributed by atoms with Crippen molar-refractivity contribution in [3.8, 4) is 5.75 Å². The van der Waals surface area contributed by atoms with Crippen molar-refractivity contribution in [2.24, 2.45) is 5.14 Å². The molecule has 0 amide bonds. The van der Waals surface area contributed by atoms with E-state index >= 15 is 0 Å². The van der Waals surface area contributed by atoms with E-state index in [0.29, 0.717) is 12.1 Å². The molecule has 0 fully saturated rings. The number of primary sulfonamides is 1. The van der Waals surface area contributed by atoms with E-state index in [2.05, 4.69) is 9.88 Å². The second-order valence-electron chi connectivity index (χ2n) is 3.06. The number of rotatable bonds is 3. The zero-order valence-electron chi connectivity index (χ0n) is 8.43. The minimum Gasteiger partial charge on any atom is -0.478 e. The number of carboxylic acids is 1. The maximum absolute atomic E-state index is 12.0. The van der Waals surface area contributed by atoms with Gasteiger partial charge in [0.05, 0.1) is 5.56 Å². The minimum absolute atomic E-state index is 0.426. The van der Waals surface area contributed by atoms with Gasteiger partial charge < -0.3 is 9.84 Å². The van der Waals surface area contributed by atoms with Crippen LogP contribution < -0.4 is 9.88 Å². The maximum Gasteiger partial charge on any atom is 0.573 e. The second-order valence-corrected chi connectivity index (χ2v) is 4.59. The normalized spacial score (nSPS) is 12.2. The molecule has 0 unspecified atom stereocenters. The zero-order valence-corrected chi connectivity index (χ0v) is 9.25. The Morgan fingerprint density at radius 1 is 1.33 bits per heavy atom. The lowest BCUT2D eigenvalue weighted by molar-refractivity contribution is -0.275. The number of halogens is 3. The number of alkyl halides is 3. The van der Waals surface area contributed by atoms with Gasteiger partial charge in [-0.3, -0.25) is 0 Å². The molecule has 0 saturated heterocycles. The SMILES string of the molecule is NS(=O)(=O)c1ccc(C(=O)O)cc1OC(F)(F)F. The Labute approximate surface area is 98.8 Å². The predicted octanol–water partition coefficient (Wildman–Crippen LogP) is 0.931. The van der Waals surface area contributed by atoms with Crippen molar-refractivity contribution in [3.63, 3.8) is 0 Å². The first-order valence-electron chi connectivity index (χ1n) is 4.16. The molecule has 0 radical (unpaired) electrons. The molecule has 1 aromatic carbocycles. The van der Waals surface area contributed by atoms with Crippen LogP contribution in [0.5, 0.6) is 5.75 Å². The molecular formula is C8H6F3NO5S. The lowest BCUT2D eigenvalue weighted by atomic mass is 10.2. The highest BCUT2D eigenvalue weighted by Gasteiger charge is 2.34. The van der Waals surface area contributed by atoms with E-state index < -0.39 is 38.6 Å². The molecule has 100 valence electrons. The van der Waals surface area contributed by atoms with Crippen LogP contribution in [0.25, 0.3) is 0 Å². The van der Waals surface area contributed by atoms with Crippen LogP contribution in [0.2, 0.25) is 0 Å². The van der Waals surface area contributed by atoms with Gasteiger partial charge >= 0.3 is 12.3 Å². The molecule has 3 N–H and O–H groups in total. The van der Waals surface area contributed by atoms with Gasteiger partial charge in [-0.15, -0.1) is 13.2 Å². The summed E-state index contributed by atoms with van der Waals surface area (Å²) in [7, 11) is -4.47. The van der Waals surface area contributed by atoms with Gasteiger partial charge in [-0.2, -0.15) is 0 Å².